The zero-order valence-corrected chi connectivity index (χ0v) is 10.8. The molecule has 2 aliphatic rings. The summed E-state index contributed by atoms with van der Waals surface area (Å²) < 4.78 is 0. The molecule has 1 aromatic carbocycles. The van der Waals surface area contributed by atoms with Gasteiger partial charge in [-0.05, 0) is 43.0 Å². The minimum absolute atomic E-state index is 0.397. The Morgan fingerprint density at radius 1 is 1.35 bits per heavy atom. The molecule has 0 aromatic heterocycles. The Balaban J connectivity index is 2.12. The van der Waals surface area contributed by atoms with Gasteiger partial charge in [0.2, 0.25) is 0 Å². The number of nitrogens with zero attached hydrogens (tertiary/aromatic N) is 1. The highest BCUT2D eigenvalue weighted by Gasteiger charge is 2.42. The van der Waals surface area contributed by atoms with E-state index in [1.807, 2.05) is 13.8 Å². The van der Waals surface area contributed by atoms with Crippen LogP contribution in [0.4, 0.5) is 5.69 Å². The predicted octanol–water partition coefficient (Wildman–Crippen LogP) is 1.59. The molecule has 3 nitrogen and oxygen atoms in total. The summed E-state index contributed by atoms with van der Waals surface area (Å²) >= 11 is 0. The molecule has 92 valence electrons. The summed E-state index contributed by atoms with van der Waals surface area (Å²) in [6, 6.07) is 2.12. The lowest BCUT2D eigenvalue weighted by Gasteiger charge is -2.50. The molecule has 0 bridgehead atoms. The van der Waals surface area contributed by atoms with Gasteiger partial charge in [-0.3, -0.25) is 0 Å². The quantitative estimate of drug-likeness (QED) is 0.713. The first kappa shape index (κ1) is 10.9. The molecule has 0 atom stereocenters. The van der Waals surface area contributed by atoms with Crippen molar-refractivity contribution in [3.63, 3.8) is 0 Å². The van der Waals surface area contributed by atoms with Crippen molar-refractivity contribution in [3.05, 3.63) is 22.8 Å². The SMILES string of the molecule is Cc1cc2c(c(C)c1O)CC1(CNC1)CN2C. The second kappa shape index (κ2) is 3.39. The molecule has 1 fully saturated rings. The van der Waals surface area contributed by atoms with Gasteiger partial charge in [0.1, 0.15) is 5.75 Å². The number of hydrogen-bond donors (Lipinski definition) is 2. The predicted molar refractivity (Wildman–Crippen MR) is 69.9 cm³/mol. The van der Waals surface area contributed by atoms with Crippen LogP contribution in [-0.2, 0) is 6.42 Å². The van der Waals surface area contributed by atoms with Crippen LogP contribution >= 0.6 is 0 Å². The lowest BCUT2D eigenvalue weighted by atomic mass is 9.72. The molecule has 1 spiro atoms. The summed E-state index contributed by atoms with van der Waals surface area (Å²) in [4.78, 5) is 2.35. The van der Waals surface area contributed by atoms with Crippen LogP contribution in [0.15, 0.2) is 6.07 Å². The number of aromatic hydroxyl groups is 1. The number of aryl methyl sites for hydroxylation is 1. The molecule has 1 aromatic rings. The summed E-state index contributed by atoms with van der Waals surface area (Å²) in [7, 11) is 2.16. The molecule has 2 aliphatic heterocycles. The first-order chi connectivity index (χ1) is 8.02. The van der Waals surface area contributed by atoms with Crippen LogP contribution in [0.25, 0.3) is 0 Å². The number of anilines is 1. The zero-order valence-electron chi connectivity index (χ0n) is 10.8. The first-order valence-corrected chi connectivity index (χ1v) is 6.26. The van der Waals surface area contributed by atoms with Gasteiger partial charge in [-0.15, -0.1) is 0 Å². The van der Waals surface area contributed by atoms with Crippen LogP contribution in [-0.4, -0.2) is 31.8 Å². The molecular weight excluding hydrogens is 212 g/mol. The normalized spacial score (nSPS) is 21.2. The van der Waals surface area contributed by atoms with Crippen molar-refractivity contribution in [2.75, 3.05) is 31.6 Å². The molecule has 3 heteroatoms. The largest absolute Gasteiger partial charge is 0.507 e. The second-order valence-electron chi connectivity index (χ2n) is 5.80. The molecule has 0 aliphatic carbocycles. The van der Waals surface area contributed by atoms with Crippen molar-refractivity contribution < 1.29 is 5.11 Å². The molecule has 0 saturated carbocycles. The molecular formula is C14H20N2O. The van der Waals surface area contributed by atoms with E-state index < -0.39 is 0 Å². The third kappa shape index (κ3) is 1.45. The molecule has 3 rings (SSSR count). The fourth-order valence-electron chi connectivity index (χ4n) is 3.29. The standard InChI is InChI=1S/C14H20N2O/c1-9-4-12-11(10(2)13(9)17)5-14(6-15-7-14)8-16(12)3/h4,15,17H,5-8H2,1-3H3. The molecule has 0 unspecified atom stereocenters. The average molecular weight is 232 g/mol. The Morgan fingerprint density at radius 3 is 2.65 bits per heavy atom. The van der Waals surface area contributed by atoms with Gasteiger partial charge in [-0.1, -0.05) is 0 Å². The minimum Gasteiger partial charge on any atom is -0.507 e. The van der Waals surface area contributed by atoms with E-state index in [-0.39, 0.29) is 0 Å². The van der Waals surface area contributed by atoms with Crippen molar-refractivity contribution in [1.29, 1.82) is 0 Å². The summed E-state index contributed by atoms with van der Waals surface area (Å²) in [6.07, 6.45) is 1.10. The van der Waals surface area contributed by atoms with Crippen LogP contribution in [0.3, 0.4) is 0 Å². The van der Waals surface area contributed by atoms with E-state index in [2.05, 4.69) is 23.3 Å². The molecule has 2 heterocycles. The monoisotopic (exact) mass is 232 g/mol. The van der Waals surface area contributed by atoms with Crippen molar-refractivity contribution >= 4 is 5.69 Å². The average Bonchev–Trinajstić information content (AvgIpc) is 2.25. The fourth-order valence-corrected chi connectivity index (χ4v) is 3.29. The van der Waals surface area contributed by atoms with Crippen LogP contribution in [0.1, 0.15) is 16.7 Å². The number of phenols is 1. The van der Waals surface area contributed by atoms with E-state index >= 15 is 0 Å². The number of hydrogen-bond acceptors (Lipinski definition) is 3. The van der Waals surface area contributed by atoms with Gasteiger partial charge in [0.25, 0.3) is 0 Å². The van der Waals surface area contributed by atoms with Gasteiger partial charge in [0.15, 0.2) is 0 Å². The second-order valence-corrected chi connectivity index (χ2v) is 5.80. The van der Waals surface area contributed by atoms with E-state index in [0.29, 0.717) is 11.2 Å². The smallest absolute Gasteiger partial charge is 0.121 e. The van der Waals surface area contributed by atoms with Gasteiger partial charge in [0.05, 0.1) is 0 Å². The Morgan fingerprint density at radius 2 is 2.06 bits per heavy atom. The first-order valence-electron chi connectivity index (χ1n) is 6.26. The van der Waals surface area contributed by atoms with E-state index in [4.69, 9.17) is 0 Å². The van der Waals surface area contributed by atoms with Crippen molar-refractivity contribution in [2.45, 2.75) is 20.3 Å². The van der Waals surface area contributed by atoms with Crippen molar-refractivity contribution in [3.8, 4) is 5.75 Å². The van der Waals surface area contributed by atoms with E-state index in [1.165, 1.54) is 11.3 Å². The number of phenolic OH excluding ortho intramolecular Hbond substituents is 1. The molecule has 1 saturated heterocycles. The Labute approximate surface area is 102 Å². The van der Waals surface area contributed by atoms with Gasteiger partial charge >= 0.3 is 0 Å². The number of fused-ring (bicyclic) bond motifs is 1. The van der Waals surface area contributed by atoms with Gasteiger partial charge < -0.3 is 15.3 Å². The van der Waals surface area contributed by atoms with Crippen molar-refractivity contribution in [2.24, 2.45) is 5.41 Å². The van der Waals surface area contributed by atoms with Crippen LogP contribution < -0.4 is 10.2 Å². The van der Waals surface area contributed by atoms with Crippen LogP contribution in [0.5, 0.6) is 5.75 Å². The van der Waals surface area contributed by atoms with Crippen LogP contribution in [0.2, 0.25) is 0 Å². The summed E-state index contributed by atoms with van der Waals surface area (Å²) in [6.45, 7) is 7.35. The fraction of sp³-hybridized carbons (Fsp3) is 0.571. The van der Waals surface area contributed by atoms with E-state index in [0.717, 1.165) is 37.2 Å². The van der Waals surface area contributed by atoms with E-state index in [1.54, 1.807) is 0 Å². The molecule has 17 heavy (non-hydrogen) atoms. The minimum atomic E-state index is 0.397. The number of rotatable bonds is 0. The topological polar surface area (TPSA) is 35.5 Å². The molecule has 2 N–H and O–H groups in total. The van der Waals surface area contributed by atoms with Gasteiger partial charge in [0, 0.05) is 37.8 Å². The lowest BCUT2D eigenvalue weighted by molar-refractivity contribution is 0.168. The van der Waals surface area contributed by atoms with Crippen LogP contribution in [0, 0.1) is 19.3 Å². The van der Waals surface area contributed by atoms with Gasteiger partial charge in [-0.2, -0.15) is 0 Å². The molecule has 0 radical (unpaired) electrons. The Bertz CT molecular complexity index is 478. The Kier molecular flexibility index (Phi) is 2.17. The van der Waals surface area contributed by atoms with Gasteiger partial charge in [-0.25, -0.2) is 0 Å². The highest BCUT2D eigenvalue weighted by molar-refractivity contribution is 5.65. The highest BCUT2D eigenvalue weighted by Crippen LogP contribution is 2.43. The molecule has 0 amide bonds. The third-order valence-corrected chi connectivity index (χ3v) is 4.38. The maximum atomic E-state index is 10.1. The highest BCUT2D eigenvalue weighted by atomic mass is 16.3. The van der Waals surface area contributed by atoms with Crippen molar-refractivity contribution in [1.82, 2.24) is 5.32 Å². The Hall–Kier alpha value is -1.22. The third-order valence-electron chi connectivity index (χ3n) is 4.38. The summed E-state index contributed by atoms with van der Waals surface area (Å²) in [5, 5.41) is 13.5. The summed E-state index contributed by atoms with van der Waals surface area (Å²) in [5.74, 6) is 0.474. The summed E-state index contributed by atoms with van der Waals surface area (Å²) in [5.41, 5.74) is 5.08. The number of benzene rings is 1. The number of nitrogens with one attached hydrogen (secondary N) is 1. The zero-order chi connectivity index (χ0) is 12.2. The maximum Gasteiger partial charge on any atom is 0.121 e. The van der Waals surface area contributed by atoms with E-state index in [9.17, 15) is 5.11 Å². The maximum absolute atomic E-state index is 10.1. The lowest BCUT2D eigenvalue weighted by Crippen LogP contribution is -2.61.